The van der Waals surface area contributed by atoms with Crippen molar-refractivity contribution in [3.63, 3.8) is 0 Å². The van der Waals surface area contributed by atoms with Crippen molar-refractivity contribution in [1.29, 1.82) is 0 Å². The number of amides is 2. The standard InChI is InChI=1S/C14H19BrN4O/c15-10-7-16-12(17-8-10)9-18-13(20)19-11-6-14(11)4-2-1-3-5-14/h7-8,11H,1-6,9H2,(H2,18,19,20). The third kappa shape index (κ3) is 3.11. The van der Waals surface area contributed by atoms with Crippen molar-refractivity contribution in [2.24, 2.45) is 5.41 Å². The average molecular weight is 339 g/mol. The SMILES string of the molecule is O=C(NCc1ncc(Br)cn1)NC1CC12CCCCC2. The molecular formula is C14H19BrN4O. The van der Waals surface area contributed by atoms with Crippen LogP contribution in [0.4, 0.5) is 4.79 Å². The molecule has 5 nitrogen and oxygen atoms in total. The fourth-order valence-corrected chi connectivity index (χ4v) is 3.36. The summed E-state index contributed by atoms with van der Waals surface area (Å²) in [5.74, 6) is 0.617. The lowest BCUT2D eigenvalue weighted by Crippen LogP contribution is -2.39. The van der Waals surface area contributed by atoms with Gasteiger partial charge in [-0.25, -0.2) is 14.8 Å². The van der Waals surface area contributed by atoms with Crippen molar-refractivity contribution < 1.29 is 4.79 Å². The van der Waals surface area contributed by atoms with Gasteiger partial charge < -0.3 is 10.6 Å². The van der Waals surface area contributed by atoms with Crippen molar-refractivity contribution >= 4 is 22.0 Å². The maximum atomic E-state index is 11.9. The Morgan fingerprint density at radius 2 is 2.00 bits per heavy atom. The molecule has 0 bridgehead atoms. The van der Waals surface area contributed by atoms with Gasteiger partial charge >= 0.3 is 6.03 Å². The van der Waals surface area contributed by atoms with E-state index in [2.05, 4.69) is 36.5 Å². The zero-order valence-corrected chi connectivity index (χ0v) is 12.9. The number of aromatic nitrogens is 2. The fourth-order valence-electron chi connectivity index (χ4n) is 3.16. The molecule has 1 aromatic heterocycles. The minimum absolute atomic E-state index is 0.107. The number of nitrogens with one attached hydrogen (secondary N) is 2. The molecule has 0 radical (unpaired) electrons. The van der Waals surface area contributed by atoms with Crippen LogP contribution in [0, 0.1) is 5.41 Å². The van der Waals surface area contributed by atoms with Gasteiger partial charge in [0.1, 0.15) is 5.82 Å². The monoisotopic (exact) mass is 338 g/mol. The summed E-state index contributed by atoms with van der Waals surface area (Å²) < 4.78 is 0.836. The molecule has 6 heteroatoms. The third-order valence-corrected chi connectivity index (χ3v) is 4.83. The molecule has 2 saturated carbocycles. The van der Waals surface area contributed by atoms with Crippen LogP contribution >= 0.6 is 15.9 Å². The van der Waals surface area contributed by atoms with E-state index in [9.17, 15) is 4.79 Å². The summed E-state index contributed by atoms with van der Waals surface area (Å²) in [6.07, 6.45) is 11.0. The van der Waals surface area contributed by atoms with Crippen LogP contribution in [0.2, 0.25) is 0 Å². The predicted molar refractivity (Wildman–Crippen MR) is 79.0 cm³/mol. The van der Waals surface area contributed by atoms with Gasteiger partial charge in [-0.2, -0.15) is 0 Å². The van der Waals surface area contributed by atoms with Gasteiger partial charge in [0.2, 0.25) is 0 Å². The molecule has 2 amide bonds. The first kappa shape index (κ1) is 13.8. The number of hydrogen-bond donors (Lipinski definition) is 2. The Hall–Kier alpha value is -1.17. The maximum absolute atomic E-state index is 11.9. The van der Waals surface area contributed by atoms with E-state index < -0.39 is 0 Å². The smallest absolute Gasteiger partial charge is 0.315 e. The Labute approximate surface area is 127 Å². The van der Waals surface area contributed by atoms with Gasteiger partial charge in [-0.15, -0.1) is 0 Å². The number of hydrogen-bond acceptors (Lipinski definition) is 3. The molecule has 2 fully saturated rings. The van der Waals surface area contributed by atoms with Crippen LogP contribution in [-0.2, 0) is 6.54 Å². The van der Waals surface area contributed by atoms with Crippen molar-refractivity contribution in [3.8, 4) is 0 Å². The highest BCUT2D eigenvalue weighted by molar-refractivity contribution is 9.10. The highest BCUT2D eigenvalue weighted by Crippen LogP contribution is 2.56. The van der Waals surface area contributed by atoms with Crippen molar-refractivity contribution in [1.82, 2.24) is 20.6 Å². The van der Waals surface area contributed by atoms with Crippen LogP contribution in [0.1, 0.15) is 44.3 Å². The largest absolute Gasteiger partial charge is 0.335 e. The summed E-state index contributed by atoms with van der Waals surface area (Å²) in [7, 11) is 0. The van der Waals surface area contributed by atoms with E-state index in [1.807, 2.05) is 0 Å². The number of carbonyl (C=O) groups is 1. The van der Waals surface area contributed by atoms with Crippen molar-refractivity contribution in [3.05, 3.63) is 22.7 Å². The van der Waals surface area contributed by atoms with Crippen LogP contribution < -0.4 is 10.6 Å². The van der Waals surface area contributed by atoms with E-state index >= 15 is 0 Å². The molecule has 1 unspecified atom stereocenters. The lowest BCUT2D eigenvalue weighted by atomic mass is 9.86. The number of carbonyl (C=O) groups excluding carboxylic acids is 1. The topological polar surface area (TPSA) is 66.9 Å². The molecule has 2 aliphatic rings. The molecule has 0 aromatic carbocycles. The summed E-state index contributed by atoms with van der Waals surface area (Å²) in [6.45, 7) is 0.360. The molecular weight excluding hydrogens is 320 g/mol. The molecule has 108 valence electrons. The van der Waals surface area contributed by atoms with Gasteiger partial charge in [-0.05, 0) is 40.6 Å². The number of urea groups is 1. The quantitative estimate of drug-likeness (QED) is 0.890. The van der Waals surface area contributed by atoms with E-state index in [1.54, 1.807) is 12.4 Å². The number of halogens is 1. The highest BCUT2D eigenvalue weighted by atomic mass is 79.9. The molecule has 1 aromatic rings. The summed E-state index contributed by atoms with van der Waals surface area (Å²) in [5, 5.41) is 5.90. The van der Waals surface area contributed by atoms with Gasteiger partial charge in [0.15, 0.2) is 0 Å². The van der Waals surface area contributed by atoms with Crippen LogP contribution in [-0.4, -0.2) is 22.0 Å². The first-order valence-electron chi connectivity index (χ1n) is 7.19. The van der Waals surface area contributed by atoms with Gasteiger partial charge in [0.25, 0.3) is 0 Å². The first-order valence-corrected chi connectivity index (χ1v) is 7.98. The zero-order chi connectivity index (χ0) is 14.0. The predicted octanol–water partition coefficient (Wildman–Crippen LogP) is 2.76. The molecule has 1 atom stereocenters. The minimum Gasteiger partial charge on any atom is -0.335 e. The molecule has 2 aliphatic carbocycles. The Morgan fingerprint density at radius 3 is 2.70 bits per heavy atom. The second-order valence-electron chi connectivity index (χ2n) is 5.82. The van der Waals surface area contributed by atoms with Gasteiger partial charge in [0, 0.05) is 18.4 Å². The fraction of sp³-hybridized carbons (Fsp3) is 0.643. The van der Waals surface area contributed by atoms with Gasteiger partial charge in [-0.1, -0.05) is 19.3 Å². The van der Waals surface area contributed by atoms with E-state index in [0.29, 0.717) is 23.8 Å². The van der Waals surface area contributed by atoms with Crippen LogP contribution in [0.25, 0.3) is 0 Å². The molecule has 1 heterocycles. The van der Waals surface area contributed by atoms with Crippen molar-refractivity contribution in [2.45, 2.75) is 51.1 Å². The summed E-state index contributed by atoms with van der Waals surface area (Å²) in [4.78, 5) is 20.1. The summed E-state index contributed by atoms with van der Waals surface area (Å²) >= 11 is 3.28. The third-order valence-electron chi connectivity index (χ3n) is 4.43. The number of rotatable bonds is 3. The number of nitrogens with zero attached hydrogens (tertiary/aromatic N) is 2. The van der Waals surface area contributed by atoms with E-state index in [4.69, 9.17) is 0 Å². The Bertz CT molecular complexity index is 484. The summed E-state index contributed by atoms with van der Waals surface area (Å²) in [6, 6.07) is 0.262. The minimum atomic E-state index is -0.107. The maximum Gasteiger partial charge on any atom is 0.315 e. The van der Waals surface area contributed by atoms with E-state index in [0.717, 1.165) is 10.9 Å². The van der Waals surface area contributed by atoms with Crippen LogP contribution in [0.15, 0.2) is 16.9 Å². The second-order valence-corrected chi connectivity index (χ2v) is 6.74. The molecule has 0 aliphatic heterocycles. The zero-order valence-electron chi connectivity index (χ0n) is 11.4. The van der Waals surface area contributed by atoms with Crippen LogP contribution in [0.3, 0.4) is 0 Å². The molecule has 0 saturated heterocycles. The van der Waals surface area contributed by atoms with Gasteiger partial charge in [-0.3, -0.25) is 0 Å². The Balaban J connectivity index is 1.43. The Morgan fingerprint density at radius 1 is 1.30 bits per heavy atom. The first-order chi connectivity index (χ1) is 9.68. The van der Waals surface area contributed by atoms with E-state index in [1.165, 1.54) is 32.1 Å². The van der Waals surface area contributed by atoms with Crippen molar-refractivity contribution in [2.75, 3.05) is 0 Å². The van der Waals surface area contributed by atoms with Crippen LogP contribution in [0.5, 0.6) is 0 Å². The van der Waals surface area contributed by atoms with Gasteiger partial charge in [0.05, 0.1) is 11.0 Å². The normalized spacial score (nSPS) is 23.4. The molecule has 3 rings (SSSR count). The lowest BCUT2D eigenvalue weighted by Gasteiger charge is -2.22. The lowest BCUT2D eigenvalue weighted by molar-refractivity contribution is 0.235. The Kier molecular flexibility index (Phi) is 3.92. The molecule has 20 heavy (non-hydrogen) atoms. The molecule has 2 N–H and O–H groups in total. The molecule has 1 spiro atoms. The average Bonchev–Trinajstić information content (AvgIpc) is 3.10. The van der Waals surface area contributed by atoms with E-state index in [-0.39, 0.29) is 6.03 Å². The summed E-state index contributed by atoms with van der Waals surface area (Å²) in [5.41, 5.74) is 0.420. The highest BCUT2D eigenvalue weighted by Gasteiger charge is 2.54. The second kappa shape index (κ2) is 5.68.